The van der Waals surface area contributed by atoms with E-state index in [9.17, 15) is 10.2 Å². The summed E-state index contributed by atoms with van der Waals surface area (Å²) in [7, 11) is 3.00. The Kier molecular flexibility index (Phi) is 15.7. The van der Waals surface area contributed by atoms with Crippen LogP contribution in [0.25, 0.3) is 0 Å². The molecule has 146 valence electrons. The normalized spacial score (nSPS) is 28.0. The molecule has 0 amide bonds. The number of rotatable bonds is 2. The zero-order valence-corrected chi connectivity index (χ0v) is 19.7. The fourth-order valence-corrected chi connectivity index (χ4v) is 3.13. The number of methoxy groups -OCH3 is 2. The van der Waals surface area contributed by atoms with Gasteiger partial charge in [0.25, 0.3) is 0 Å². The van der Waals surface area contributed by atoms with Gasteiger partial charge in [-0.25, -0.2) is 24.3 Å². The van der Waals surface area contributed by atoms with Crippen LogP contribution in [0.4, 0.5) is 0 Å². The summed E-state index contributed by atoms with van der Waals surface area (Å²) >= 11 is 2.59. The van der Waals surface area contributed by atoms with E-state index < -0.39 is 10.2 Å². The van der Waals surface area contributed by atoms with E-state index in [0.29, 0.717) is 12.8 Å². The van der Waals surface area contributed by atoms with Crippen molar-refractivity contribution in [2.24, 2.45) is 0 Å². The molecule has 0 saturated heterocycles. The Bertz CT molecular complexity index is 482. The molecule has 27 heavy (non-hydrogen) atoms. The molecule has 7 heteroatoms. The van der Waals surface area contributed by atoms with Crippen LogP contribution < -0.4 is 0 Å². The van der Waals surface area contributed by atoms with Gasteiger partial charge in [-0.3, -0.25) is 12.2 Å². The molecule has 0 aromatic heterocycles. The van der Waals surface area contributed by atoms with Crippen LogP contribution in [0.3, 0.4) is 0 Å². The molecule has 0 spiro atoms. The molecule has 2 aliphatic carbocycles. The van der Waals surface area contributed by atoms with Gasteiger partial charge in [-0.2, -0.15) is 12.2 Å². The van der Waals surface area contributed by atoms with Crippen molar-refractivity contribution in [1.29, 1.82) is 0 Å². The molecule has 0 saturated carbocycles. The largest absolute Gasteiger partial charge is 2.00 e. The quantitative estimate of drug-likeness (QED) is 0.445. The Morgan fingerprint density at radius 1 is 0.778 bits per heavy atom. The maximum absolute atomic E-state index is 9.18. The molecule has 2 N–H and O–H groups in total. The van der Waals surface area contributed by atoms with E-state index in [1.165, 1.54) is 37.7 Å². The second-order valence-corrected chi connectivity index (χ2v) is 7.52. The number of ether oxygens (including phenoxy) is 2. The Morgan fingerprint density at radius 2 is 1.19 bits per heavy atom. The van der Waals surface area contributed by atoms with Crippen molar-refractivity contribution >= 4 is 23.5 Å². The minimum absolute atomic E-state index is 0. The summed E-state index contributed by atoms with van der Waals surface area (Å²) in [6.07, 6.45) is 24.9. The Balaban J connectivity index is 0.000000337. The molecule has 2 aliphatic heterocycles. The monoisotopic (exact) mass is 484 g/mol. The third kappa shape index (κ3) is 12.8. The van der Waals surface area contributed by atoms with E-state index in [-0.39, 0.29) is 26.2 Å². The number of hydrogen-bond donors (Lipinski definition) is 2. The van der Waals surface area contributed by atoms with E-state index in [2.05, 4.69) is 24.3 Å². The number of aliphatic hydroxyl groups is 2. The number of hydrogen-bond acceptors (Lipinski definition) is 6. The van der Waals surface area contributed by atoms with Crippen molar-refractivity contribution in [2.75, 3.05) is 14.2 Å². The fourth-order valence-electron chi connectivity index (χ4n) is 1.74. The second kappa shape index (κ2) is 15.7. The first kappa shape index (κ1) is 26.9. The van der Waals surface area contributed by atoms with Crippen LogP contribution in [-0.4, -0.2) is 34.7 Å². The minimum Gasteiger partial charge on any atom is -0.357 e. The molecule has 0 aromatic rings. The van der Waals surface area contributed by atoms with Gasteiger partial charge in [0.15, 0.2) is 0 Å². The molecule has 0 aromatic carbocycles. The summed E-state index contributed by atoms with van der Waals surface area (Å²) in [5, 5.41) is 20.1. The van der Waals surface area contributed by atoms with Crippen molar-refractivity contribution in [1.82, 2.24) is 0 Å². The van der Waals surface area contributed by atoms with Crippen LogP contribution >= 0.6 is 23.5 Å². The van der Waals surface area contributed by atoms with Crippen molar-refractivity contribution in [2.45, 2.75) is 35.9 Å². The fraction of sp³-hybridized carbons (Fsp3) is 0.400. The van der Waals surface area contributed by atoms with Crippen molar-refractivity contribution < 1.29 is 45.9 Å². The molecule has 4 rings (SSSR count). The van der Waals surface area contributed by atoms with Crippen LogP contribution in [0, 0.1) is 12.2 Å². The predicted octanol–water partition coefficient (Wildman–Crippen LogP) is 4.47. The third-order valence-corrected chi connectivity index (χ3v) is 5.32. The van der Waals surface area contributed by atoms with Crippen molar-refractivity contribution in [3.63, 3.8) is 0 Å². The topological polar surface area (TPSA) is 58.9 Å². The third-order valence-electron chi connectivity index (χ3n) is 3.26. The van der Waals surface area contributed by atoms with E-state index in [1.54, 1.807) is 0 Å². The first-order chi connectivity index (χ1) is 12.5. The molecule has 2 unspecified atom stereocenters. The number of thioether (sulfide) groups is 2. The molecule has 0 bridgehead atoms. The summed E-state index contributed by atoms with van der Waals surface area (Å²) in [6, 6.07) is 0. The smallest absolute Gasteiger partial charge is 0.357 e. The second-order valence-electron chi connectivity index (χ2n) is 5.23. The van der Waals surface area contributed by atoms with Crippen LogP contribution in [0.15, 0.2) is 59.4 Å². The summed E-state index contributed by atoms with van der Waals surface area (Å²) in [4.78, 5) is 0. The molecule has 2 atom stereocenters. The predicted molar refractivity (Wildman–Crippen MR) is 110 cm³/mol. The summed E-state index contributed by atoms with van der Waals surface area (Å²) in [5.41, 5.74) is 0. The van der Waals surface area contributed by atoms with Gasteiger partial charge in [-0.1, -0.05) is 35.7 Å². The zero-order valence-electron chi connectivity index (χ0n) is 15.6. The van der Waals surface area contributed by atoms with Gasteiger partial charge in [0.2, 0.25) is 10.2 Å². The van der Waals surface area contributed by atoms with Gasteiger partial charge in [-0.15, -0.1) is 12.8 Å². The minimum atomic E-state index is -0.958. The maximum atomic E-state index is 9.18. The molecule has 4 aliphatic rings. The van der Waals surface area contributed by atoms with Crippen LogP contribution in [0.5, 0.6) is 0 Å². The average molecular weight is 486 g/mol. The van der Waals surface area contributed by atoms with Crippen molar-refractivity contribution in [3.8, 4) is 0 Å². The molecular weight excluding hydrogens is 460 g/mol. The molecule has 2 heterocycles. The van der Waals surface area contributed by atoms with Gasteiger partial charge >= 0.3 is 26.2 Å². The van der Waals surface area contributed by atoms with Crippen LogP contribution in [0.1, 0.15) is 25.7 Å². The van der Waals surface area contributed by atoms with Crippen LogP contribution in [-0.2, 0) is 35.7 Å². The van der Waals surface area contributed by atoms with Gasteiger partial charge in [0.05, 0.1) is 0 Å². The van der Waals surface area contributed by atoms with Crippen LogP contribution in [0.2, 0.25) is 0 Å². The van der Waals surface area contributed by atoms with Gasteiger partial charge in [0, 0.05) is 27.1 Å². The molecular formula is C20H26O4S2Zr. The SMILES string of the molecule is COC1(O)CC=CS1.COC1(O)CC=CS1.[C-]1=CC=CC1.[C-]1=CC=CC1.[Zr+2]. The Morgan fingerprint density at radius 3 is 1.30 bits per heavy atom. The standard InChI is InChI=1S/2C5H8O2S.2C5H5.Zr/c2*1-7-5(6)3-2-4-8-5;2*1-2-4-5-3-1;/h2*2,4,6H,3H2,1H3;2*1-3H,4H2;/q;;2*-1;+2. The molecule has 4 nitrogen and oxygen atoms in total. The Labute approximate surface area is 190 Å². The zero-order chi connectivity index (χ0) is 19.1. The average Bonchev–Trinajstić information content (AvgIpc) is 3.45. The van der Waals surface area contributed by atoms with E-state index in [0.717, 1.165) is 12.8 Å². The van der Waals surface area contributed by atoms with E-state index >= 15 is 0 Å². The number of allylic oxidation sites excluding steroid dienone is 8. The first-order valence-corrected chi connectivity index (χ1v) is 9.94. The van der Waals surface area contributed by atoms with Crippen molar-refractivity contribution in [3.05, 3.63) is 71.6 Å². The van der Waals surface area contributed by atoms with Gasteiger partial charge in [-0.05, 0) is 10.8 Å². The van der Waals surface area contributed by atoms with Gasteiger partial charge < -0.3 is 19.7 Å². The van der Waals surface area contributed by atoms with E-state index in [4.69, 9.17) is 9.47 Å². The molecule has 0 fully saturated rings. The Hall–Kier alpha value is -0.137. The maximum Gasteiger partial charge on any atom is 2.00 e. The first-order valence-electron chi connectivity index (χ1n) is 8.18. The summed E-state index contributed by atoms with van der Waals surface area (Å²) in [6.45, 7) is 0. The summed E-state index contributed by atoms with van der Waals surface area (Å²) in [5.74, 6) is 0. The van der Waals surface area contributed by atoms with Gasteiger partial charge in [0.1, 0.15) is 0 Å². The summed E-state index contributed by atoms with van der Waals surface area (Å²) < 4.78 is 9.51. The molecule has 0 radical (unpaired) electrons. The van der Waals surface area contributed by atoms with E-state index in [1.807, 2.05) is 47.3 Å².